The summed E-state index contributed by atoms with van der Waals surface area (Å²) in [6.07, 6.45) is 3.55. The number of nitrogens with one attached hydrogen (secondary N) is 2. The minimum Gasteiger partial charge on any atom is -0.392 e. The largest absolute Gasteiger partial charge is 0.392 e. The molecule has 3 N–H and O–H groups in total. The van der Waals surface area contributed by atoms with Crippen LogP contribution in [0.1, 0.15) is 31.4 Å². The van der Waals surface area contributed by atoms with Crippen molar-refractivity contribution >= 4 is 21.6 Å². The first-order chi connectivity index (χ1) is 13.6. The number of aliphatic hydroxyl groups is 1. The molecule has 0 amide bonds. The van der Waals surface area contributed by atoms with Gasteiger partial charge in [0.05, 0.1) is 17.2 Å². The van der Waals surface area contributed by atoms with Crippen LogP contribution in [0.5, 0.6) is 0 Å². The highest BCUT2D eigenvalue weighted by molar-refractivity contribution is 7.90. The number of rotatable bonds is 7. The second kappa shape index (κ2) is 7.97. The second-order valence-corrected chi connectivity index (χ2v) is 9.95. The highest BCUT2D eigenvalue weighted by Crippen LogP contribution is 2.42. The van der Waals surface area contributed by atoms with E-state index in [1.807, 2.05) is 13.8 Å². The molecule has 8 nitrogen and oxygen atoms in total. The molecule has 1 aliphatic rings. The summed E-state index contributed by atoms with van der Waals surface area (Å²) in [6.45, 7) is 4.50. The van der Waals surface area contributed by atoms with Gasteiger partial charge in [-0.3, -0.25) is 0 Å². The summed E-state index contributed by atoms with van der Waals surface area (Å²) in [5.74, 6) is 0.851. The van der Waals surface area contributed by atoms with E-state index in [9.17, 15) is 18.8 Å². The molecule has 1 aromatic heterocycles. The van der Waals surface area contributed by atoms with E-state index in [4.69, 9.17) is 0 Å². The van der Waals surface area contributed by atoms with Crippen molar-refractivity contribution in [3.05, 3.63) is 41.6 Å². The van der Waals surface area contributed by atoms with Gasteiger partial charge < -0.3 is 15.7 Å². The van der Waals surface area contributed by atoms with E-state index in [0.717, 1.165) is 5.56 Å². The number of nitrogens with zero attached hydrogens (tertiary/aromatic N) is 3. The average Bonchev–Trinajstić information content (AvgIpc) is 2.68. The van der Waals surface area contributed by atoms with E-state index in [2.05, 4.69) is 26.7 Å². The van der Waals surface area contributed by atoms with Crippen molar-refractivity contribution in [1.29, 1.82) is 5.26 Å². The van der Waals surface area contributed by atoms with Crippen LogP contribution in [0.25, 0.3) is 0 Å². The predicted molar refractivity (Wildman–Crippen MR) is 110 cm³/mol. The van der Waals surface area contributed by atoms with Gasteiger partial charge in [0.25, 0.3) is 0 Å². The van der Waals surface area contributed by atoms with Gasteiger partial charge in [0, 0.05) is 24.3 Å². The molecule has 3 rings (SSSR count). The normalized spacial score (nSPS) is 20.4. The number of sulfone groups is 1. The van der Waals surface area contributed by atoms with Crippen LogP contribution >= 0.6 is 0 Å². The summed E-state index contributed by atoms with van der Waals surface area (Å²) in [7, 11) is -3.20. The Labute approximate surface area is 170 Å². The van der Waals surface area contributed by atoms with Gasteiger partial charge in [-0.25, -0.2) is 13.4 Å². The first kappa shape index (κ1) is 21.0. The van der Waals surface area contributed by atoms with Crippen LogP contribution in [0.15, 0.2) is 35.4 Å². The first-order valence-electron chi connectivity index (χ1n) is 9.36. The van der Waals surface area contributed by atoms with E-state index < -0.39 is 9.84 Å². The van der Waals surface area contributed by atoms with Crippen LogP contribution < -0.4 is 10.6 Å². The molecule has 154 valence electrons. The minimum absolute atomic E-state index is 0.0284. The SMILES string of the molecule is CC1(C)[C@@H](O)C[C@H]1Nc1nc(NCCc2ccc(S(C)(=O)=O)cc2)ncc1C#N. The molecule has 29 heavy (non-hydrogen) atoms. The van der Waals surface area contributed by atoms with Crippen LogP contribution in [0.3, 0.4) is 0 Å². The Morgan fingerprint density at radius 3 is 2.55 bits per heavy atom. The molecule has 9 heteroatoms. The molecule has 0 radical (unpaired) electrons. The Morgan fingerprint density at radius 1 is 1.31 bits per heavy atom. The van der Waals surface area contributed by atoms with Gasteiger partial charge in [0.15, 0.2) is 9.84 Å². The van der Waals surface area contributed by atoms with Crippen LogP contribution in [0.2, 0.25) is 0 Å². The molecule has 1 aromatic carbocycles. The third-order valence-corrected chi connectivity index (χ3v) is 6.61. The molecule has 0 bridgehead atoms. The van der Waals surface area contributed by atoms with Gasteiger partial charge in [-0.2, -0.15) is 10.2 Å². The van der Waals surface area contributed by atoms with Crippen molar-refractivity contribution in [1.82, 2.24) is 9.97 Å². The zero-order valence-corrected chi connectivity index (χ0v) is 17.5. The summed E-state index contributed by atoms with van der Waals surface area (Å²) < 4.78 is 23.0. The number of benzene rings is 1. The summed E-state index contributed by atoms with van der Waals surface area (Å²) >= 11 is 0. The monoisotopic (exact) mass is 415 g/mol. The fraction of sp³-hybridized carbons (Fsp3) is 0.450. The molecule has 0 unspecified atom stereocenters. The molecule has 2 atom stereocenters. The maximum Gasteiger partial charge on any atom is 0.224 e. The highest BCUT2D eigenvalue weighted by Gasteiger charge is 2.47. The van der Waals surface area contributed by atoms with Gasteiger partial charge in [0.2, 0.25) is 5.95 Å². The lowest BCUT2D eigenvalue weighted by Crippen LogP contribution is -2.57. The van der Waals surface area contributed by atoms with Crippen molar-refractivity contribution in [2.45, 2.75) is 43.7 Å². The Bertz CT molecular complexity index is 1030. The van der Waals surface area contributed by atoms with Crippen LogP contribution in [0.4, 0.5) is 11.8 Å². The third kappa shape index (κ3) is 4.66. The number of nitriles is 1. The quantitative estimate of drug-likeness (QED) is 0.626. The molecule has 0 aliphatic heterocycles. The number of hydrogen-bond donors (Lipinski definition) is 3. The van der Waals surface area contributed by atoms with E-state index in [1.54, 1.807) is 24.3 Å². The van der Waals surface area contributed by atoms with Crippen molar-refractivity contribution in [3.63, 3.8) is 0 Å². The number of aromatic nitrogens is 2. The Hall–Kier alpha value is -2.70. The van der Waals surface area contributed by atoms with Crippen molar-refractivity contribution in [2.24, 2.45) is 5.41 Å². The maximum absolute atomic E-state index is 11.5. The lowest BCUT2D eigenvalue weighted by molar-refractivity contribution is -0.0511. The molecule has 0 saturated heterocycles. The first-order valence-corrected chi connectivity index (χ1v) is 11.2. The van der Waals surface area contributed by atoms with Crippen LogP contribution in [-0.2, 0) is 16.3 Å². The topological polar surface area (TPSA) is 128 Å². The molecule has 0 spiro atoms. The molecule has 1 heterocycles. The van der Waals surface area contributed by atoms with Crippen molar-refractivity contribution in [3.8, 4) is 6.07 Å². The van der Waals surface area contributed by atoms with Crippen LogP contribution in [-0.4, -0.2) is 48.4 Å². The van der Waals surface area contributed by atoms with E-state index in [0.29, 0.717) is 41.6 Å². The third-order valence-electron chi connectivity index (χ3n) is 5.48. The summed E-state index contributed by atoms with van der Waals surface area (Å²) in [6, 6.07) is 8.88. The molecule has 1 saturated carbocycles. The van der Waals surface area contributed by atoms with Gasteiger partial charge in [-0.1, -0.05) is 26.0 Å². The lowest BCUT2D eigenvalue weighted by atomic mass is 9.64. The number of aliphatic hydroxyl groups excluding tert-OH is 1. The maximum atomic E-state index is 11.5. The predicted octanol–water partition coefficient (Wildman–Crippen LogP) is 1.98. The zero-order chi connectivity index (χ0) is 21.2. The van der Waals surface area contributed by atoms with Gasteiger partial charge in [-0.15, -0.1) is 0 Å². The van der Waals surface area contributed by atoms with Crippen LogP contribution in [0, 0.1) is 16.7 Å². The lowest BCUT2D eigenvalue weighted by Gasteiger charge is -2.49. The summed E-state index contributed by atoms with van der Waals surface area (Å²) in [4.78, 5) is 8.89. The Morgan fingerprint density at radius 2 is 2.00 bits per heavy atom. The second-order valence-electron chi connectivity index (χ2n) is 7.93. The summed E-state index contributed by atoms with van der Waals surface area (Å²) in [5.41, 5.74) is 1.05. The highest BCUT2D eigenvalue weighted by atomic mass is 32.2. The zero-order valence-electron chi connectivity index (χ0n) is 16.7. The molecule has 1 aliphatic carbocycles. The minimum atomic E-state index is -3.20. The molecule has 1 fully saturated rings. The van der Waals surface area contributed by atoms with Crippen molar-refractivity contribution < 1.29 is 13.5 Å². The van der Waals surface area contributed by atoms with Gasteiger partial charge in [-0.05, 0) is 30.5 Å². The molecule has 2 aromatic rings. The smallest absolute Gasteiger partial charge is 0.224 e. The Kier molecular flexibility index (Phi) is 5.78. The van der Waals surface area contributed by atoms with Crippen molar-refractivity contribution in [2.75, 3.05) is 23.4 Å². The molecular formula is C20H25N5O3S. The van der Waals surface area contributed by atoms with E-state index in [-0.39, 0.29) is 17.6 Å². The average molecular weight is 416 g/mol. The van der Waals surface area contributed by atoms with E-state index in [1.165, 1.54) is 12.5 Å². The number of hydrogen-bond acceptors (Lipinski definition) is 8. The fourth-order valence-electron chi connectivity index (χ4n) is 3.19. The fourth-order valence-corrected chi connectivity index (χ4v) is 3.82. The van der Waals surface area contributed by atoms with Gasteiger partial charge >= 0.3 is 0 Å². The summed E-state index contributed by atoms with van der Waals surface area (Å²) in [5, 5.41) is 25.6. The standard InChI is InChI=1S/C20H25N5O3S/c1-20(2)16(10-17(20)26)24-18-14(11-21)12-23-19(25-18)22-9-8-13-4-6-15(7-5-13)29(3,27)28/h4-7,12,16-17,26H,8-10H2,1-3H3,(H2,22,23,24,25)/t16-,17+/m1/s1. The Balaban J connectivity index is 1.62. The van der Waals surface area contributed by atoms with Gasteiger partial charge in [0.1, 0.15) is 17.5 Å². The van der Waals surface area contributed by atoms with E-state index >= 15 is 0 Å². The number of anilines is 2. The molecular weight excluding hydrogens is 390 g/mol.